The highest BCUT2D eigenvalue weighted by atomic mass is 32.2. The Balaban J connectivity index is 1.76. The van der Waals surface area contributed by atoms with E-state index in [0.717, 1.165) is 10.7 Å². The van der Waals surface area contributed by atoms with Crippen molar-refractivity contribution < 1.29 is 18.0 Å². The lowest BCUT2D eigenvalue weighted by molar-refractivity contribution is -0.119. The van der Waals surface area contributed by atoms with Crippen molar-refractivity contribution in [2.45, 2.75) is 20.3 Å². The summed E-state index contributed by atoms with van der Waals surface area (Å²) in [6, 6.07) is 13.5. The summed E-state index contributed by atoms with van der Waals surface area (Å²) < 4.78 is 25.1. The zero-order valence-electron chi connectivity index (χ0n) is 14.6. The topological polar surface area (TPSA) is 83.6 Å². The molecule has 7 heteroatoms. The number of rotatable bonds is 4. The first-order valence-corrected chi connectivity index (χ1v) is 10.00. The number of carbonyl (C=O) groups is 2. The van der Waals surface area contributed by atoms with Gasteiger partial charge in [-0.1, -0.05) is 26.0 Å². The van der Waals surface area contributed by atoms with E-state index < -0.39 is 21.8 Å². The van der Waals surface area contributed by atoms with E-state index >= 15 is 0 Å². The molecule has 1 aliphatic rings. The summed E-state index contributed by atoms with van der Waals surface area (Å²) in [5.74, 6) is -1.50. The Morgan fingerprint density at radius 2 is 1.73 bits per heavy atom. The number of hydrogen-bond acceptors (Lipinski definition) is 4. The average Bonchev–Trinajstić information content (AvgIpc) is 2.83. The molecule has 0 saturated carbocycles. The van der Waals surface area contributed by atoms with Gasteiger partial charge in [0, 0.05) is 11.3 Å². The van der Waals surface area contributed by atoms with Crippen LogP contribution in [0.5, 0.6) is 0 Å². The van der Waals surface area contributed by atoms with Crippen LogP contribution in [0.15, 0.2) is 48.5 Å². The van der Waals surface area contributed by atoms with Gasteiger partial charge in [-0.2, -0.15) is 0 Å². The van der Waals surface area contributed by atoms with Crippen LogP contribution in [0.4, 0.5) is 11.4 Å². The van der Waals surface area contributed by atoms with E-state index in [1.54, 1.807) is 6.92 Å². The summed E-state index contributed by atoms with van der Waals surface area (Å²) in [4.78, 5) is 24.4. The molecule has 136 valence electrons. The number of hydrogen-bond donors (Lipinski definition) is 1. The third kappa shape index (κ3) is 3.48. The lowest BCUT2D eigenvalue weighted by Crippen LogP contribution is -2.30. The van der Waals surface area contributed by atoms with E-state index in [-0.39, 0.29) is 17.3 Å². The largest absolute Gasteiger partial charge is 0.322 e. The van der Waals surface area contributed by atoms with E-state index in [1.165, 1.54) is 29.8 Å². The van der Waals surface area contributed by atoms with E-state index in [2.05, 4.69) is 12.2 Å². The zero-order chi connectivity index (χ0) is 18.9. The molecule has 26 heavy (non-hydrogen) atoms. The Labute approximate surface area is 152 Å². The number of aryl methyl sites for hydroxylation is 1. The SMILES string of the molecule is CCc1ccc(NC(=O)c2ccc(N3C(=O)C(C)CS3(=O)=O)cc2)cc1. The van der Waals surface area contributed by atoms with Crippen LogP contribution in [-0.2, 0) is 21.2 Å². The highest BCUT2D eigenvalue weighted by Gasteiger charge is 2.41. The van der Waals surface area contributed by atoms with Crippen LogP contribution in [0.1, 0.15) is 29.8 Å². The van der Waals surface area contributed by atoms with Crippen LogP contribution in [0.25, 0.3) is 0 Å². The quantitative estimate of drug-likeness (QED) is 0.894. The fraction of sp³-hybridized carbons (Fsp3) is 0.263. The second-order valence-electron chi connectivity index (χ2n) is 6.33. The molecule has 0 radical (unpaired) electrons. The van der Waals surface area contributed by atoms with Crippen LogP contribution in [0.2, 0.25) is 0 Å². The van der Waals surface area contributed by atoms with Crippen molar-refractivity contribution in [2.24, 2.45) is 5.92 Å². The smallest absolute Gasteiger partial charge is 0.255 e. The first-order chi connectivity index (χ1) is 12.3. The molecule has 0 aliphatic carbocycles. The standard InChI is InChI=1S/C19H20N2O4S/c1-3-14-4-8-16(9-5-14)20-18(22)15-6-10-17(11-7-15)21-19(23)13(2)12-26(21,24)25/h4-11,13H,3,12H2,1-2H3,(H,20,22). The van der Waals surface area contributed by atoms with Gasteiger partial charge in [-0.15, -0.1) is 0 Å². The van der Waals surface area contributed by atoms with Gasteiger partial charge in [-0.3, -0.25) is 9.59 Å². The molecule has 1 fully saturated rings. The van der Waals surface area contributed by atoms with Gasteiger partial charge in [0.25, 0.3) is 5.91 Å². The van der Waals surface area contributed by atoms with Gasteiger partial charge in [0.1, 0.15) is 0 Å². The van der Waals surface area contributed by atoms with Crippen LogP contribution in [0, 0.1) is 5.92 Å². The molecule has 1 aliphatic heterocycles. The predicted molar refractivity (Wildman–Crippen MR) is 101 cm³/mol. The minimum atomic E-state index is -3.64. The molecule has 1 saturated heterocycles. The summed E-state index contributed by atoms with van der Waals surface area (Å²) in [5, 5.41) is 2.79. The van der Waals surface area contributed by atoms with Gasteiger partial charge in [0.2, 0.25) is 15.9 Å². The Hall–Kier alpha value is -2.67. The monoisotopic (exact) mass is 372 g/mol. The van der Waals surface area contributed by atoms with E-state index in [9.17, 15) is 18.0 Å². The Kier molecular flexibility index (Phi) is 4.82. The molecule has 2 aromatic rings. The summed E-state index contributed by atoms with van der Waals surface area (Å²) in [6.45, 7) is 3.65. The maximum absolute atomic E-state index is 12.3. The molecule has 0 aromatic heterocycles. The number of amides is 2. The molecule has 6 nitrogen and oxygen atoms in total. The Morgan fingerprint density at radius 1 is 1.12 bits per heavy atom. The first-order valence-electron chi connectivity index (χ1n) is 8.39. The highest BCUT2D eigenvalue weighted by Crippen LogP contribution is 2.28. The summed E-state index contributed by atoms with van der Waals surface area (Å²) in [7, 11) is -3.64. The fourth-order valence-corrected chi connectivity index (χ4v) is 4.68. The predicted octanol–water partition coefficient (Wildman–Crippen LogP) is 2.81. The minimum Gasteiger partial charge on any atom is -0.322 e. The van der Waals surface area contributed by atoms with Crippen LogP contribution in [-0.4, -0.2) is 26.0 Å². The molecule has 0 spiro atoms. The highest BCUT2D eigenvalue weighted by molar-refractivity contribution is 7.94. The lowest BCUT2D eigenvalue weighted by atomic mass is 10.1. The molecule has 1 atom stereocenters. The number of benzene rings is 2. The summed E-state index contributed by atoms with van der Waals surface area (Å²) >= 11 is 0. The minimum absolute atomic E-state index is 0.193. The summed E-state index contributed by atoms with van der Waals surface area (Å²) in [5.41, 5.74) is 2.49. The molecule has 1 heterocycles. The number of nitrogens with zero attached hydrogens (tertiary/aromatic N) is 1. The van der Waals surface area contributed by atoms with E-state index in [4.69, 9.17) is 0 Å². The molecule has 1 unspecified atom stereocenters. The van der Waals surface area contributed by atoms with Crippen molar-refractivity contribution in [3.05, 3.63) is 59.7 Å². The molecule has 2 aromatic carbocycles. The lowest BCUT2D eigenvalue weighted by Gasteiger charge is -2.15. The Bertz CT molecular complexity index is 935. The van der Waals surface area contributed by atoms with Crippen molar-refractivity contribution >= 4 is 33.2 Å². The van der Waals surface area contributed by atoms with E-state index in [1.807, 2.05) is 24.3 Å². The van der Waals surface area contributed by atoms with Crippen molar-refractivity contribution in [2.75, 3.05) is 15.4 Å². The van der Waals surface area contributed by atoms with Crippen LogP contribution >= 0.6 is 0 Å². The maximum Gasteiger partial charge on any atom is 0.255 e. The number of anilines is 2. The molecular formula is C19H20N2O4S. The molecule has 0 bridgehead atoms. The third-order valence-electron chi connectivity index (χ3n) is 4.34. The molecule has 3 rings (SSSR count). The van der Waals surface area contributed by atoms with Gasteiger partial charge < -0.3 is 5.32 Å². The molecule has 2 amide bonds. The Morgan fingerprint density at radius 3 is 2.23 bits per heavy atom. The maximum atomic E-state index is 12.3. The van der Waals surface area contributed by atoms with Crippen molar-refractivity contribution in [1.29, 1.82) is 0 Å². The van der Waals surface area contributed by atoms with Crippen molar-refractivity contribution in [3.63, 3.8) is 0 Å². The van der Waals surface area contributed by atoms with Gasteiger partial charge in [-0.25, -0.2) is 12.7 Å². The van der Waals surface area contributed by atoms with Gasteiger partial charge in [0.05, 0.1) is 17.4 Å². The zero-order valence-corrected chi connectivity index (χ0v) is 15.4. The van der Waals surface area contributed by atoms with Gasteiger partial charge >= 0.3 is 0 Å². The van der Waals surface area contributed by atoms with E-state index in [0.29, 0.717) is 11.3 Å². The second-order valence-corrected chi connectivity index (χ2v) is 8.20. The second kappa shape index (κ2) is 6.92. The third-order valence-corrected chi connectivity index (χ3v) is 6.21. The van der Waals surface area contributed by atoms with Crippen LogP contribution < -0.4 is 9.62 Å². The first kappa shape index (κ1) is 18.1. The molecular weight excluding hydrogens is 352 g/mol. The number of carbonyl (C=O) groups excluding carboxylic acids is 2. The van der Waals surface area contributed by atoms with Crippen molar-refractivity contribution in [3.8, 4) is 0 Å². The fourth-order valence-electron chi connectivity index (χ4n) is 2.86. The van der Waals surface area contributed by atoms with Crippen LogP contribution in [0.3, 0.4) is 0 Å². The average molecular weight is 372 g/mol. The summed E-state index contributed by atoms with van der Waals surface area (Å²) in [6.07, 6.45) is 0.923. The molecule has 1 N–H and O–H groups in total. The van der Waals surface area contributed by atoms with Gasteiger partial charge in [-0.05, 0) is 48.4 Å². The number of sulfonamides is 1. The normalized spacial score (nSPS) is 18.8. The van der Waals surface area contributed by atoms with Gasteiger partial charge in [0.15, 0.2) is 0 Å². The number of nitrogens with one attached hydrogen (secondary N) is 1. The van der Waals surface area contributed by atoms with Crippen molar-refractivity contribution in [1.82, 2.24) is 0 Å².